The summed E-state index contributed by atoms with van der Waals surface area (Å²) in [5, 5.41) is 21.2. The quantitative estimate of drug-likeness (QED) is 0.245. The highest BCUT2D eigenvalue weighted by Gasteiger charge is 2.39. The number of aromatic nitrogens is 3. The van der Waals surface area contributed by atoms with Crippen LogP contribution in [0.15, 0.2) is 53.0 Å². The zero-order valence-electron chi connectivity index (χ0n) is 24.3. The second kappa shape index (κ2) is 9.26. The van der Waals surface area contributed by atoms with Gasteiger partial charge in [-0.2, -0.15) is 0 Å². The molecular formula is C32H35BrN4O3. The van der Waals surface area contributed by atoms with Crippen molar-refractivity contribution in [3.05, 3.63) is 80.8 Å². The van der Waals surface area contributed by atoms with Crippen LogP contribution in [-0.2, 0) is 10.8 Å². The fourth-order valence-electron chi connectivity index (χ4n) is 6.05. The number of nitrogens with zero attached hydrogens (tertiary/aromatic N) is 4. The van der Waals surface area contributed by atoms with Gasteiger partial charge < -0.3 is 5.11 Å². The molecule has 7 nitrogen and oxygen atoms in total. The SMILES string of the molecule is CN1C(=O)c2c(Br)cc3nn(-c4cc(C(C)(C)CC(C)(C)C)cc(C(C)(C)c5ccccc5)c4O)nc3c2C1=O. The molecule has 1 N–H and O–H groups in total. The molecule has 8 heteroatoms. The highest BCUT2D eigenvalue weighted by molar-refractivity contribution is 9.10. The number of benzene rings is 3. The standard InChI is InChI=1S/C32H35BrN4O3/c1-30(2,3)17-31(4,5)19-14-20(32(6,7)18-12-10-9-11-13-18)27(38)23(15-19)37-34-22-16-21(33)24-25(26(22)35-37)29(40)36(8)28(24)39/h9-16,38H,17H2,1-8H3. The molecule has 0 fully saturated rings. The fourth-order valence-corrected chi connectivity index (χ4v) is 6.64. The molecule has 0 atom stereocenters. The van der Waals surface area contributed by atoms with Crippen molar-refractivity contribution >= 4 is 38.8 Å². The summed E-state index contributed by atoms with van der Waals surface area (Å²) in [7, 11) is 1.46. The summed E-state index contributed by atoms with van der Waals surface area (Å²) in [4.78, 5) is 28.2. The van der Waals surface area contributed by atoms with Crippen LogP contribution >= 0.6 is 15.9 Å². The van der Waals surface area contributed by atoms with E-state index in [0.29, 0.717) is 21.2 Å². The minimum absolute atomic E-state index is 0.0692. The molecule has 0 radical (unpaired) electrons. The number of phenols is 1. The summed E-state index contributed by atoms with van der Waals surface area (Å²) >= 11 is 3.45. The van der Waals surface area contributed by atoms with Gasteiger partial charge in [-0.1, -0.05) is 84.9 Å². The van der Waals surface area contributed by atoms with E-state index in [-0.39, 0.29) is 33.6 Å². The van der Waals surface area contributed by atoms with Crippen LogP contribution in [0.2, 0.25) is 0 Å². The lowest BCUT2D eigenvalue weighted by atomic mass is 9.70. The summed E-state index contributed by atoms with van der Waals surface area (Å²) in [5.41, 5.74) is 3.87. The van der Waals surface area contributed by atoms with Gasteiger partial charge in [0.1, 0.15) is 22.5 Å². The molecule has 208 valence electrons. The zero-order chi connectivity index (χ0) is 29.4. The summed E-state index contributed by atoms with van der Waals surface area (Å²) < 4.78 is 0.486. The van der Waals surface area contributed by atoms with Gasteiger partial charge in [-0.25, -0.2) is 0 Å². The van der Waals surface area contributed by atoms with Crippen LogP contribution in [0.3, 0.4) is 0 Å². The van der Waals surface area contributed by atoms with E-state index in [4.69, 9.17) is 10.2 Å². The average Bonchev–Trinajstić information content (AvgIpc) is 3.37. The number of rotatable bonds is 5. The maximum absolute atomic E-state index is 13.0. The highest BCUT2D eigenvalue weighted by Crippen LogP contribution is 2.45. The molecule has 0 unspecified atom stereocenters. The Labute approximate surface area is 243 Å². The van der Waals surface area contributed by atoms with E-state index in [1.807, 2.05) is 24.3 Å². The third-order valence-electron chi connectivity index (χ3n) is 7.89. The molecule has 1 aliphatic rings. The van der Waals surface area contributed by atoms with Gasteiger partial charge in [-0.3, -0.25) is 14.5 Å². The number of carbonyl (C=O) groups is 2. The molecule has 0 saturated heterocycles. The Morgan fingerprint density at radius 1 is 0.850 bits per heavy atom. The fraction of sp³-hybridized carbons (Fsp3) is 0.375. The largest absolute Gasteiger partial charge is 0.505 e. The average molecular weight is 604 g/mol. The number of imide groups is 1. The molecule has 2 amide bonds. The third-order valence-corrected chi connectivity index (χ3v) is 8.52. The second-order valence-electron chi connectivity index (χ2n) is 13.1. The molecule has 40 heavy (non-hydrogen) atoms. The number of hydrogen-bond acceptors (Lipinski definition) is 5. The molecule has 0 saturated carbocycles. The van der Waals surface area contributed by atoms with Gasteiger partial charge in [-0.05, 0) is 56.4 Å². The molecule has 0 bridgehead atoms. The molecular weight excluding hydrogens is 568 g/mol. The van der Waals surface area contributed by atoms with Crippen LogP contribution in [0.5, 0.6) is 5.75 Å². The lowest BCUT2D eigenvalue weighted by Gasteiger charge is -2.35. The number of halogens is 1. The van der Waals surface area contributed by atoms with Gasteiger partial charge in [0.25, 0.3) is 11.8 Å². The van der Waals surface area contributed by atoms with Gasteiger partial charge in [-0.15, -0.1) is 15.0 Å². The lowest BCUT2D eigenvalue weighted by Crippen LogP contribution is -2.27. The Morgan fingerprint density at radius 2 is 1.48 bits per heavy atom. The maximum atomic E-state index is 13.0. The number of phenolic OH excluding ortho intramolecular Hbond substituents is 1. The van der Waals surface area contributed by atoms with E-state index >= 15 is 0 Å². The number of carbonyl (C=O) groups excluding carboxylic acids is 2. The lowest BCUT2D eigenvalue weighted by molar-refractivity contribution is 0.0693. The van der Waals surface area contributed by atoms with Crippen molar-refractivity contribution in [2.24, 2.45) is 5.41 Å². The number of fused-ring (bicyclic) bond motifs is 3. The van der Waals surface area contributed by atoms with Gasteiger partial charge in [0.05, 0.1) is 11.1 Å². The van der Waals surface area contributed by atoms with Crippen LogP contribution < -0.4 is 0 Å². The Balaban J connectivity index is 1.79. The maximum Gasteiger partial charge on any atom is 0.263 e. The van der Waals surface area contributed by atoms with Crippen LogP contribution in [0.25, 0.3) is 16.7 Å². The van der Waals surface area contributed by atoms with Gasteiger partial charge in [0.15, 0.2) is 0 Å². The Bertz CT molecular complexity index is 1680. The first-order chi connectivity index (χ1) is 18.5. The number of amides is 2. The normalized spacial score (nSPS) is 14.4. The van der Waals surface area contributed by atoms with Crippen LogP contribution in [0.4, 0.5) is 0 Å². The number of hydrogen-bond donors (Lipinski definition) is 1. The number of aromatic hydroxyl groups is 1. The summed E-state index contributed by atoms with van der Waals surface area (Å²) in [6, 6.07) is 15.8. The molecule has 3 aromatic carbocycles. The first kappa shape index (κ1) is 28.0. The van der Waals surface area contributed by atoms with Crippen molar-refractivity contribution in [3.8, 4) is 11.4 Å². The molecule has 1 aromatic heterocycles. The van der Waals surface area contributed by atoms with Crippen LogP contribution in [-0.4, -0.2) is 43.9 Å². The van der Waals surface area contributed by atoms with Crippen LogP contribution in [0.1, 0.15) is 92.3 Å². The smallest absolute Gasteiger partial charge is 0.263 e. The molecule has 5 rings (SSSR count). The molecule has 0 aliphatic carbocycles. The van der Waals surface area contributed by atoms with E-state index in [2.05, 4.69) is 82.6 Å². The topological polar surface area (TPSA) is 88.3 Å². The van der Waals surface area contributed by atoms with E-state index in [1.54, 1.807) is 6.07 Å². The Hall–Kier alpha value is -3.52. The van der Waals surface area contributed by atoms with Crippen molar-refractivity contribution in [1.29, 1.82) is 0 Å². The van der Waals surface area contributed by atoms with Crippen molar-refractivity contribution in [1.82, 2.24) is 19.9 Å². The molecule has 4 aromatic rings. The van der Waals surface area contributed by atoms with Gasteiger partial charge in [0, 0.05) is 22.5 Å². The van der Waals surface area contributed by atoms with Crippen molar-refractivity contribution in [2.45, 2.75) is 65.7 Å². The first-order valence-electron chi connectivity index (χ1n) is 13.4. The monoisotopic (exact) mass is 602 g/mol. The van der Waals surface area contributed by atoms with Crippen LogP contribution in [0, 0.1) is 5.41 Å². The predicted molar refractivity (Wildman–Crippen MR) is 160 cm³/mol. The minimum Gasteiger partial charge on any atom is -0.505 e. The van der Waals surface area contributed by atoms with E-state index in [9.17, 15) is 14.7 Å². The van der Waals surface area contributed by atoms with E-state index in [1.165, 1.54) is 11.8 Å². The zero-order valence-corrected chi connectivity index (χ0v) is 25.8. The summed E-state index contributed by atoms with van der Waals surface area (Å²) in [6.07, 6.45) is 0.910. The van der Waals surface area contributed by atoms with Crippen molar-refractivity contribution < 1.29 is 14.7 Å². The Kier molecular flexibility index (Phi) is 6.49. The minimum atomic E-state index is -0.532. The first-order valence-corrected chi connectivity index (χ1v) is 14.2. The van der Waals surface area contributed by atoms with Gasteiger partial charge in [0.2, 0.25) is 0 Å². The highest BCUT2D eigenvalue weighted by atomic mass is 79.9. The third kappa shape index (κ3) is 4.52. The summed E-state index contributed by atoms with van der Waals surface area (Å²) in [5.74, 6) is -0.739. The van der Waals surface area contributed by atoms with E-state index < -0.39 is 11.3 Å². The summed E-state index contributed by atoms with van der Waals surface area (Å²) in [6.45, 7) is 15.3. The Morgan fingerprint density at radius 3 is 2.10 bits per heavy atom. The predicted octanol–water partition coefficient (Wildman–Crippen LogP) is 7.15. The molecule has 2 heterocycles. The van der Waals surface area contributed by atoms with Gasteiger partial charge >= 0.3 is 0 Å². The molecule has 0 spiro atoms. The van der Waals surface area contributed by atoms with Crippen molar-refractivity contribution in [2.75, 3.05) is 7.05 Å². The molecule has 1 aliphatic heterocycles. The van der Waals surface area contributed by atoms with E-state index in [0.717, 1.165) is 28.0 Å². The van der Waals surface area contributed by atoms with Crippen molar-refractivity contribution in [3.63, 3.8) is 0 Å². The second-order valence-corrected chi connectivity index (χ2v) is 14.0.